The monoisotopic (exact) mass is 368 g/mol. The molecular weight excluding hydrogens is 340 g/mol. The lowest BCUT2D eigenvalue weighted by Gasteiger charge is -2.32. The molecule has 0 unspecified atom stereocenters. The number of hydrogen-bond acceptors (Lipinski definition) is 4. The van der Waals surface area contributed by atoms with Gasteiger partial charge in [-0.1, -0.05) is 19.1 Å². The molecule has 2 rings (SSSR count). The van der Waals surface area contributed by atoms with Crippen LogP contribution in [0.3, 0.4) is 0 Å². The Hall–Kier alpha value is -1.60. The lowest BCUT2D eigenvalue weighted by atomic mass is 9.99. The third-order valence-corrected chi connectivity index (χ3v) is 5.95. The van der Waals surface area contributed by atoms with Gasteiger partial charge in [0.25, 0.3) is 0 Å². The van der Waals surface area contributed by atoms with Crippen LogP contribution in [0.15, 0.2) is 24.3 Å². The molecule has 7 heteroatoms. The Morgan fingerprint density at radius 2 is 2.00 bits per heavy atom. The first-order valence-electron chi connectivity index (χ1n) is 8.65. The molecule has 6 nitrogen and oxygen atoms in total. The molecule has 0 atom stereocenters. The van der Waals surface area contributed by atoms with Crippen LogP contribution in [0.5, 0.6) is 5.75 Å². The van der Waals surface area contributed by atoms with Crippen molar-refractivity contribution < 1.29 is 17.9 Å². The third-order valence-electron chi connectivity index (χ3n) is 4.70. The van der Waals surface area contributed by atoms with E-state index in [-0.39, 0.29) is 19.0 Å². The SMILES string of the molecule is COc1cccc(CCN(CC(=O)N2CCC(C)CC2)S(C)(=O)=O)c1. The molecule has 1 saturated heterocycles. The van der Waals surface area contributed by atoms with Crippen LogP contribution >= 0.6 is 0 Å². The van der Waals surface area contributed by atoms with E-state index in [9.17, 15) is 13.2 Å². The zero-order chi connectivity index (χ0) is 18.4. The van der Waals surface area contributed by atoms with Gasteiger partial charge < -0.3 is 9.64 Å². The molecule has 0 N–H and O–H groups in total. The molecule has 140 valence electrons. The molecule has 1 fully saturated rings. The van der Waals surface area contributed by atoms with Crippen molar-refractivity contribution in [3.05, 3.63) is 29.8 Å². The molecule has 0 aromatic heterocycles. The summed E-state index contributed by atoms with van der Waals surface area (Å²) in [6, 6.07) is 7.53. The first-order valence-corrected chi connectivity index (χ1v) is 10.5. The minimum Gasteiger partial charge on any atom is -0.497 e. The van der Waals surface area contributed by atoms with Crippen molar-refractivity contribution >= 4 is 15.9 Å². The van der Waals surface area contributed by atoms with E-state index < -0.39 is 10.0 Å². The Labute approximate surface area is 150 Å². The van der Waals surface area contributed by atoms with Crippen LogP contribution < -0.4 is 4.74 Å². The van der Waals surface area contributed by atoms with Crippen molar-refractivity contribution in [2.45, 2.75) is 26.2 Å². The van der Waals surface area contributed by atoms with Crippen molar-refractivity contribution in [2.24, 2.45) is 5.92 Å². The number of rotatable bonds is 7. The molecule has 0 spiro atoms. The van der Waals surface area contributed by atoms with Gasteiger partial charge in [-0.25, -0.2) is 8.42 Å². The highest BCUT2D eigenvalue weighted by molar-refractivity contribution is 7.88. The Morgan fingerprint density at radius 1 is 1.32 bits per heavy atom. The summed E-state index contributed by atoms with van der Waals surface area (Å²) in [5, 5.41) is 0. The summed E-state index contributed by atoms with van der Waals surface area (Å²) in [4.78, 5) is 14.3. The third kappa shape index (κ3) is 6.01. The zero-order valence-corrected chi connectivity index (χ0v) is 16.1. The molecule has 1 aliphatic heterocycles. The fraction of sp³-hybridized carbons (Fsp3) is 0.611. The van der Waals surface area contributed by atoms with Crippen molar-refractivity contribution in [1.82, 2.24) is 9.21 Å². The number of sulfonamides is 1. The van der Waals surface area contributed by atoms with Gasteiger partial charge in [0, 0.05) is 19.6 Å². The molecule has 0 bridgehead atoms. The van der Waals surface area contributed by atoms with Gasteiger partial charge in [0.15, 0.2) is 0 Å². The number of nitrogens with zero attached hydrogens (tertiary/aromatic N) is 2. The Morgan fingerprint density at radius 3 is 2.60 bits per heavy atom. The number of likely N-dealkylation sites (tertiary alicyclic amines) is 1. The van der Waals surface area contributed by atoms with Gasteiger partial charge in [0.05, 0.1) is 19.9 Å². The van der Waals surface area contributed by atoms with Crippen LogP contribution in [0, 0.1) is 5.92 Å². The smallest absolute Gasteiger partial charge is 0.237 e. The van der Waals surface area contributed by atoms with Gasteiger partial charge >= 0.3 is 0 Å². The second-order valence-corrected chi connectivity index (χ2v) is 8.74. The summed E-state index contributed by atoms with van der Waals surface area (Å²) in [5.74, 6) is 1.26. The van der Waals surface area contributed by atoms with Crippen molar-refractivity contribution in [3.63, 3.8) is 0 Å². The van der Waals surface area contributed by atoms with Crippen LogP contribution in [0.25, 0.3) is 0 Å². The topological polar surface area (TPSA) is 66.9 Å². The van der Waals surface area contributed by atoms with E-state index in [1.807, 2.05) is 24.3 Å². The number of ether oxygens (including phenoxy) is 1. The Kier molecular flexibility index (Phi) is 6.84. The molecule has 1 heterocycles. The van der Waals surface area contributed by atoms with Crippen molar-refractivity contribution in [1.29, 1.82) is 0 Å². The predicted molar refractivity (Wildman–Crippen MR) is 98.1 cm³/mol. The minimum atomic E-state index is -3.44. The Balaban J connectivity index is 1.98. The van der Waals surface area contributed by atoms with E-state index in [1.54, 1.807) is 12.0 Å². The first kappa shape index (κ1) is 19.7. The highest BCUT2D eigenvalue weighted by Crippen LogP contribution is 2.17. The van der Waals surface area contributed by atoms with Gasteiger partial charge in [-0.3, -0.25) is 4.79 Å². The molecule has 0 aliphatic carbocycles. The minimum absolute atomic E-state index is 0.0861. The first-order chi connectivity index (χ1) is 11.8. The summed E-state index contributed by atoms with van der Waals surface area (Å²) in [6.07, 6.45) is 3.65. The average Bonchev–Trinajstić information content (AvgIpc) is 2.58. The summed E-state index contributed by atoms with van der Waals surface area (Å²) >= 11 is 0. The highest BCUT2D eigenvalue weighted by Gasteiger charge is 2.25. The van der Waals surface area contributed by atoms with E-state index >= 15 is 0 Å². The quantitative estimate of drug-likeness (QED) is 0.735. The Bertz CT molecular complexity index is 682. The number of carbonyl (C=O) groups is 1. The van der Waals surface area contributed by atoms with Crippen LogP contribution in [0.4, 0.5) is 0 Å². The van der Waals surface area contributed by atoms with Crippen LogP contribution in [-0.4, -0.2) is 63.1 Å². The van der Waals surface area contributed by atoms with Crippen LogP contribution in [-0.2, 0) is 21.2 Å². The number of amides is 1. The molecule has 1 aromatic carbocycles. The normalized spacial score (nSPS) is 16.2. The lowest BCUT2D eigenvalue weighted by Crippen LogP contribution is -2.45. The fourth-order valence-electron chi connectivity index (χ4n) is 2.95. The van der Waals surface area contributed by atoms with Gasteiger partial charge in [-0.2, -0.15) is 4.31 Å². The van der Waals surface area contributed by atoms with E-state index in [0.29, 0.717) is 25.4 Å². The summed E-state index contributed by atoms with van der Waals surface area (Å²) in [6.45, 7) is 3.80. The van der Waals surface area contributed by atoms with Crippen LogP contribution in [0.1, 0.15) is 25.3 Å². The maximum Gasteiger partial charge on any atom is 0.237 e. The standard InChI is InChI=1S/C18H28N2O4S/c1-15-7-10-19(11-8-15)18(21)14-20(25(3,22)23)12-9-16-5-4-6-17(13-16)24-2/h4-6,13,15H,7-12,14H2,1-3H3. The predicted octanol–water partition coefficient (Wildman–Crippen LogP) is 1.76. The molecule has 25 heavy (non-hydrogen) atoms. The van der Waals surface area contributed by atoms with E-state index in [0.717, 1.165) is 30.4 Å². The largest absolute Gasteiger partial charge is 0.497 e. The second kappa shape index (κ2) is 8.67. The number of carbonyl (C=O) groups excluding carboxylic acids is 1. The molecule has 0 saturated carbocycles. The number of benzene rings is 1. The average molecular weight is 368 g/mol. The molecule has 1 aromatic rings. The van der Waals surface area contributed by atoms with Gasteiger partial charge in [0.1, 0.15) is 5.75 Å². The molecule has 0 radical (unpaired) electrons. The maximum absolute atomic E-state index is 12.5. The number of hydrogen-bond donors (Lipinski definition) is 0. The van der Waals surface area contributed by atoms with E-state index in [1.165, 1.54) is 4.31 Å². The summed E-state index contributed by atoms with van der Waals surface area (Å²) in [5.41, 5.74) is 0.979. The fourth-order valence-corrected chi connectivity index (χ4v) is 3.72. The van der Waals surface area contributed by atoms with Gasteiger partial charge in [-0.15, -0.1) is 0 Å². The molecular formula is C18H28N2O4S. The summed E-state index contributed by atoms with van der Waals surface area (Å²) in [7, 11) is -1.84. The van der Waals surface area contributed by atoms with E-state index in [4.69, 9.17) is 4.74 Å². The van der Waals surface area contributed by atoms with E-state index in [2.05, 4.69) is 6.92 Å². The lowest BCUT2D eigenvalue weighted by molar-refractivity contribution is -0.132. The van der Waals surface area contributed by atoms with Crippen molar-refractivity contribution in [2.75, 3.05) is 39.5 Å². The maximum atomic E-state index is 12.5. The summed E-state index contributed by atoms with van der Waals surface area (Å²) < 4.78 is 30.6. The van der Waals surface area contributed by atoms with Gasteiger partial charge in [-0.05, 0) is 42.9 Å². The van der Waals surface area contributed by atoms with Gasteiger partial charge in [0.2, 0.25) is 15.9 Å². The number of methoxy groups -OCH3 is 1. The molecule has 1 aliphatic rings. The zero-order valence-electron chi connectivity index (χ0n) is 15.3. The molecule has 1 amide bonds. The second-order valence-electron chi connectivity index (χ2n) is 6.76. The number of piperidine rings is 1. The van der Waals surface area contributed by atoms with Crippen molar-refractivity contribution in [3.8, 4) is 5.75 Å². The van der Waals surface area contributed by atoms with Crippen LogP contribution in [0.2, 0.25) is 0 Å². The highest BCUT2D eigenvalue weighted by atomic mass is 32.2.